The Morgan fingerprint density at radius 1 is 1.33 bits per heavy atom. The standard InChI is InChI=1S/C10H24N2O2S/c1-5-6-12(4)15(13,14)8-10(11)7-9(2)3/h9-10H,5-8,11H2,1-4H3. The molecule has 15 heavy (non-hydrogen) atoms. The quantitative estimate of drug-likeness (QED) is 0.718. The predicted octanol–water partition coefficient (Wildman–Crippen LogP) is 1.03. The Balaban J connectivity index is 4.25. The molecule has 0 aliphatic rings. The Hall–Kier alpha value is -0.130. The number of rotatable bonds is 7. The number of nitrogens with two attached hydrogens (primary N) is 1. The first-order valence-electron chi connectivity index (χ1n) is 5.49. The molecule has 92 valence electrons. The van der Waals surface area contributed by atoms with Gasteiger partial charge in [-0.15, -0.1) is 0 Å². The molecule has 0 aromatic carbocycles. The summed E-state index contributed by atoms with van der Waals surface area (Å²) in [5.74, 6) is 0.494. The van der Waals surface area contributed by atoms with Crippen molar-refractivity contribution in [2.24, 2.45) is 11.7 Å². The largest absolute Gasteiger partial charge is 0.327 e. The van der Waals surface area contributed by atoms with Crippen molar-refractivity contribution in [3.8, 4) is 0 Å². The summed E-state index contributed by atoms with van der Waals surface area (Å²) in [5.41, 5.74) is 5.79. The third kappa shape index (κ3) is 6.12. The summed E-state index contributed by atoms with van der Waals surface area (Å²) in [5, 5.41) is 0. The summed E-state index contributed by atoms with van der Waals surface area (Å²) in [6.45, 7) is 6.61. The SMILES string of the molecule is CCCN(C)S(=O)(=O)CC(N)CC(C)C. The summed E-state index contributed by atoms with van der Waals surface area (Å²) in [4.78, 5) is 0. The molecule has 2 N–H and O–H groups in total. The Morgan fingerprint density at radius 3 is 2.27 bits per heavy atom. The van der Waals surface area contributed by atoms with Crippen LogP contribution in [0.3, 0.4) is 0 Å². The van der Waals surface area contributed by atoms with E-state index in [-0.39, 0.29) is 11.8 Å². The number of hydrogen-bond acceptors (Lipinski definition) is 3. The Kier molecular flexibility index (Phi) is 6.40. The van der Waals surface area contributed by atoms with E-state index >= 15 is 0 Å². The van der Waals surface area contributed by atoms with Crippen LogP contribution in [-0.2, 0) is 10.0 Å². The highest BCUT2D eigenvalue weighted by atomic mass is 32.2. The molecular formula is C10H24N2O2S. The Bertz CT molecular complexity index is 263. The minimum Gasteiger partial charge on any atom is -0.327 e. The zero-order chi connectivity index (χ0) is 12.1. The molecule has 0 amide bonds. The molecule has 1 unspecified atom stereocenters. The predicted molar refractivity (Wildman–Crippen MR) is 64.1 cm³/mol. The molecule has 0 fully saturated rings. The van der Waals surface area contributed by atoms with E-state index in [2.05, 4.69) is 0 Å². The maximum atomic E-state index is 11.8. The van der Waals surface area contributed by atoms with Gasteiger partial charge < -0.3 is 5.73 Å². The topological polar surface area (TPSA) is 63.4 Å². The van der Waals surface area contributed by atoms with Crippen molar-refractivity contribution in [3.63, 3.8) is 0 Å². The van der Waals surface area contributed by atoms with Crippen LogP contribution in [0.4, 0.5) is 0 Å². The fourth-order valence-corrected chi connectivity index (χ4v) is 2.92. The summed E-state index contributed by atoms with van der Waals surface area (Å²) < 4.78 is 24.9. The van der Waals surface area contributed by atoms with E-state index in [1.165, 1.54) is 4.31 Å². The van der Waals surface area contributed by atoms with Gasteiger partial charge in [0, 0.05) is 19.6 Å². The molecule has 0 spiro atoms. The van der Waals surface area contributed by atoms with Gasteiger partial charge in [0.1, 0.15) is 0 Å². The molecule has 0 radical (unpaired) electrons. The molecule has 4 nitrogen and oxygen atoms in total. The van der Waals surface area contributed by atoms with Gasteiger partial charge >= 0.3 is 0 Å². The van der Waals surface area contributed by atoms with Crippen LogP contribution in [-0.4, -0.2) is 38.1 Å². The van der Waals surface area contributed by atoms with Gasteiger partial charge in [0.25, 0.3) is 0 Å². The number of hydrogen-bond donors (Lipinski definition) is 1. The Labute approximate surface area is 93.9 Å². The van der Waals surface area contributed by atoms with Crippen LogP contribution in [0.15, 0.2) is 0 Å². The molecule has 0 saturated heterocycles. The van der Waals surface area contributed by atoms with Crippen molar-refractivity contribution in [3.05, 3.63) is 0 Å². The summed E-state index contributed by atoms with van der Waals surface area (Å²) in [6.07, 6.45) is 1.58. The fraction of sp³-hybridized carbons (Fsp3) is 1.00. The van der Waals surface area contributed by atoms with Gasteiger partial charge in [-0.1, -0.05) is 20.8 Å². The van der Waals surface area contributed by atoms with Crippen LogP contribution >= 0.6 is 0 Å². The zero-order valence-electron chi connectivity index (χ0n) is 10.2. The van der Waals surface area contributed by atoms with Crippen molar-refractivity contribution < 1.29 is 8.42 Å². The van der Waals surface area contributed by atoms with Gasteiger partial charge in [0.2, 0.25) is 10.0 Å². The fourth-order valence-electron chi connectivity index (χ4n) is 1.53. The second-order valence-corrected chi connectivity index (χ2v) is 6.61. The summed E-state index contributed by atoms with van der Waals surface area (Å²) >= 11 is 0. The molecule has 0 aromatic rings. The molecule has 0 aliphatic heterocycles. The van der Waals surface area contributed by atoms with Gasteiger partial charge in [0.05, 0.1) is 5.75 Å². The minimum absolute atomic E-state index is 0.0572. The number of nitrogens with zero attached hydrogens (tertiary/aromatic N) is 1. The van der Waals surface area contributed by atoms with Crippen LogP contribution in [0.25, 0.3) is 0 Å². The monoisotopic (exact) mass is 236 g/mol. The molecule has 5 heteroatoms. The van der Waals surface area contributed by atoms with E-state index in [0.29, 0.717) is 12.5 Å². The van der Waals surface area contributed by atoms with Gasteiger partial charge in [-0.3, -0.25) is 0 Å². The molecule has 0 bridgehead atoms. The van der Waals surface area contributed by atoms with E-state index in [0.717, 1.165) is 12.8 Å². The maximum absolute atomic E-state index is 11.8. The molecule has 0 rings (SSSR count). The molecule has 0 heterocycles. The van der Waals surface area contributed by atoms with Gasteiger partial charge in [-0.25, -0.2) is 12.7 Å². The van der Waals surface area contributed by atoms with Crippen LogP contribution in [0.1, 0.15) is 33.6 Å². The maximum Gasteiger partial charge on any atom is 0.215 e. The molecular weight excluding hydrogens is 212 g/mol. The van der Waals surface area contributed by atoms with Crippen LogP contribution < -0.4 is 5.73 Å². The van der Waals surface area contributed by atoms with E-state index < -0.39 is 10.0 Å². The lowest BCUT2D eigenvalue weighted by atomic mass is 10.1. The molecule has 0 aromatic heterocycles. The van der Waals surface area contributed by atoms with Crippen molar-refractivity contribution in [1.29, 1.82) is 0 Å². The first-order chi connectivity index (χ1) is 6.79. The van der Waals surface area contributed by atoms with Gasteiger partial charge in [0.15, 0.2) is 0 Å². The minimum atomic E-state index is -3.16. The lowest BCUT2D eigenvalue weighted by Gasteiger charge is -2.20. The second kappa shape index (κ2) is 6.45. The third-order valence-corrected chi connectivity index (χ3v) is 4.19. The van der Waals surface area contributed by atoms with E-state index in [9.17, 15) is 8.42 Å². The van der Waals surface area contributed by atoms with Gasteiger partial charge in [-0.05, 0) is 18.8 Å². The normalized spacial score (nSPS) is 14.9. The van der Waals surface area contributed by atoms with Crippen LogP contribution in [0, 0.1) is 5.92 Å². The lowest BCUT2D eigenvalue weighted by molar-refractivity contribution is 0.454. The molecule has 0 saturated carbocycles. The second-order valence-electron chi connectivity index (χ2n) is 4.49. The highest BCUT2D eigenvalue weighted by Gasteiger charge is 2.21. The number of sulfonamides is 1. The van der Waals surface area contributed by atoms with E-state index in [1.807, 2.05) is 20.8 Å². The first-order valence-corrected chi connectivity index (χ1v) is 7.10. The molecule has 1 atom stereocenters. The first kappa shape index (κ1) is 14.9. The van der Waals surface area contributed by atoms with Crippen molar-refractivity contribution >= 4 is 10.0 Å². The van der Waals surface area contributed by atoms with Crippen LogP contribution in [0.5, 0.6) is 0 Å². The molecule has 0 aliphatic carbocycles. The van der Waals surface area contributed by atoms with Crippen molar-refractivity contribution in [2.75, 3.05) is 19.3 Å². The average Bonchev–Trinajstić information content (AvgIpc) is 2.01. The average molecular weight is 236 g/mol. The van der Waals surface area contributed by atoms with Crippen molar-refractivity contribution in [2.45, 2.75) is 39.7 Å². The van der Waals surface area contributed by atoms with E-state index in [1.54, 1.807) is 7.05 Å². The highest BCUT2D eigenvalue weighted by Crippen LogP contribution is 2.07. The third-order valence-electron chi connectivity index (χ3n) is 2.21. The summed E-state index contributed by atoms with van der Waals surface area (Å²) in [6, 6.07) is -0.255. The van der Waals surface area contributed by atoms with E-state index in [4.69, 9.17) is 5.73 Å². The Morgan fingerprint density at radius 2 is 1.87 bits per heavy atom. The zero-order valence-corrected chi connectivity index (χ0v) is 11.0. The smallest absolute Gasteiger partial charge is 0.215 e. The highest BCUT2D eigenvalue weighted by molar-refractivity contribution is 7.89. The van der Waals surface area contributed by atoms with Crippen LogP contribution in [0.2, 0.25) is 0 Å². The lowest BCUT2D eigenvalue weighted by Crippen LogP contribution is -2.38. The van der Waals surface area contributed by atoms with Gasteiger partial charge in [-0.2, -0.15) is 0 Å². The van der Waals surface area contributed by atoms with Crippen molar-refractivity contribution in [1.82, 2.24) is 4.31 Å². The summed E-state index contributed by atoms with van der Waals surface area (Å²) in [7, 11) is -1.55.